The first-order valence-corrected chi connectivity index (χ1v) is 15.6. The van der Waals surface area contributed by atoms with Crippen LogP contribution >= 0.6 is 0 Å². The smallest absolute Gasteiger partial charge is 0.435 e. The van der Waals surface area contributed by atoms with Gasteiger partial charge in [-0.1, -0.05) is 44.2 Å². The number of alkyl halides is 3. The second-order valence-corrected chi connectivity index (χ2v) is 12.6. The van der Waals surface area contributed by atoms with Crippen molar-refractivity contribution in [3.63, 3.8) is 0 Å². The molecule has 0 atom stereocenters. The number of nitrogens with zero attached hydrogens (tertiary/aromatic N) is 4. The van der Waals surface area contributed by atoms with Crippen LogP contribution in [-0.4, -0.2) is 62.9 Å². The summed E-state index contributed by atoms with van der Waals surface area (Å²) in [6.45, 7) is 6.74. The highest BCUT2D eigenvalue weighted by Crippen LogP contribution is 2.39. The maximum absolute atomic E-state index is 13.5. The average Bonchev–Trinajstić information content (AvgIpc) is 2.97. The summed E-state index contributed by atoms with van der Waals surface area (Å²) in [5, 5.41) is 0. The van der Waals surface area contributed by atoms with Crippen LogP contribution in [-0.2, 0) is 10.0 Å². The molecule has 10 nitrogen and oxygen atoms in total. The largest absolute Gasteiger partial charge is 0.573 e. The number of piperazine rings is 1. The van der Waals surface area contributed by atoms with Crippen molar-refractivity contribution < 1.29 is 31.1 Å². The third kappa shape index (κ3) is 7.94. The summed E-state index contributed by atoms with van der Waals surface area (Å²) >= 11 is 0. The standard InChI is InChI=1S/C31H33F3N6O4S/c1-20(2)24-9-4-5-10-25(24)26-19-29(37-30(36-26)38-45(41,42)23-8-6-7-21(35)17-23)43-27-12-11-22(18-28(27)44-31(32,33)34)40-15-13-39(3)14-16-40/h4-12,17-20H,13-16,35H2,1-3H3,(H,36,37,38). The van der Waals surface area contributed by atoms with Crippen LogP contribution in [0, 0.1) is 0 Å². The molecule has 3 aromatic carbocycles. The van der Waals surface area contributed by atoms with Crippen LogP contribution in [0.4, 0.5) is 30.5 Å². The van der Waals surface area contributed by atoms with Gasteiger partial charge >= 0.3 is 6.36 Å². The van der Waals surface area contributed by atoms with Crippen LogP contribution in [0.25, 0.3) is 11.3 Å². The van der Waals surface area contributed by atoms with Crippen LogP contribution in [0.15, 0.2) is 77.7 Å². The number of sulfonamides is 1. The molecule has 45 heavy (non-hydrogen) atoms. The molecule has 0 bridgehead atoms. The SMILES string of the molecule is CC(C)c1ccccc1-c1cc(Oc2ccc(N3CCN(C)CC3)cc2OC(F)(F)F)nc(NS(=O)(=O)c2cccc(N)c2)n1. The second-order valence-electron chi connectivity index (χ2n) is 10.9. The minimum absolute atomic E-state index is 0.0712. The third-order valence-corrected chi connectivity index (χ3v) is 8.52. The van der Waals surface area contributed by atoms with E-state index in [0.29, 0.717) is 30.0 Å². The average molecular weight is 643 g/mol. The Morgan fingerprint density at radius 2 is 1.64 bits per heavy atom. The number of nitrogens with one attached hydrogen (secondary N) is 1. The van der Waals surface area contributed by atoms with Gasteiger partial charge in [-0.3, -0.25) is 0 Å². The fourth-order valence-corrected chi connectivity index (χ4v) is 5.91. The summed E-state index contributed by atoms with van der Waals surface area (Å²) < 4.78 is 79.6. The number of anilines is 3. The molecule has 0 saturated carbocycles. The maximum Gasteiger partial charge on any atom is 0.573 e. The van der Waals surface area contributed by atoms with Crippen molar-refractivity contribution in [2.75, 3.05) is 48.6 Å². The van der Waals surface area contributed by atoms with E-state index in [1.165, 1.54) is 36.4 Å². The summed E-state index contributed by atoms with van der Waals surface area (Å²) in [5.74, 6) is -1.32. The molecular formula is C31H33F3N6O4S. The lowest BCUT2D eigenvalue weighted by molar-refractivity contribution is -0.275. The number of likely N-dealkylation sites (N-methyl/N-ethyl adjacent to an activating group) is 1. The molecule has 5 rings (SSSR count). The lowest BCUT2D eigenvalue weighted by Crippen LogP contribution is -2.44. The normalized spacial score (nSPS) is 14.4. The van der Waals surface area contributed by atoms with E-state index in [2.05, 4.69) is 24.3 Å². The van der Waals surface area contributed by atoms with Gasteiger partial charge < -0.3 is 25.0 Å². The van der Waals surface area contributed by atoms with E-state index in [1.54, 1.807) is 24.3 Å². The Balaban J connectivity index is 1.57. The molecule has 238 valence electrons. The zero-order valence-corrected chi connectivity index (χ0v) is 25.7. The topological polar surface area (TPSA) is 123 Å². The predicted octanol–water partition coefficient (Wildman–Crippen LogP) is 6.09. The Kier molecular flexibility index (Phi) is 9.07. The summed E-state index contributed by atoms with van der Waals surface area (Å²) in [4.78, 5) is 12.6. The zero-order chi connectivity index (χ0) is 32.4. The fraction of sp³-hybridized carbons (Fsp3) is 0.290. The van der Waals surface area contributed by atoms with Crippen molar-refractivity contribution in [3.8, 4) is 28.6 Å². The molecule has 4 aromatic rings. The highest BCUT2D eigenvalue weighted by Gasteiger charge is 2.33. The molecule has 0 aliphatic carbocycles. The lowest BCUT2D eigenvalue weighted by atomic mass is 9.95. The molecule has 1 aromatic heterocycles. The van der Waals surface area contributed by atoms with E-state index in [1.807, 2.05) is 37.9 Å². The number of aromatic nitrogens is 2. The van der Waals surface area contributed by atoms with Gasteiger partial charge in [0.15, 0.2) is 11.5 Å². The van der Waals surface area contributed by atoms with Gasteiger partial charge in [-0.15, -0.1) is 13.2 Å². The quantitative estimate of drug-likeness (QED) is 0.209. The monoisotopic (exact) mass is 642 g/mol. The number of halogens is 3. The zero-order valence-electron chi connectivity index (χ0n) is 24.9. The summed E-state index contributed by atoms with van der Waals surface area (Å²) in [7, 11) is -2.22. The lowest BCUT2D eigenvalue weighted by Gasteiger charge is -2.34. The Labute approximate surface area is 259 Å². The molecule has 1 aliphatic heterocycles. The first kappa shape index (κ1) is 31.9. The fourth-order valence-electron chi connectivity index (χ4n) is 4.91. The van der Waals surface area contributed by atoms with Crippen molar-refractivity contribution in [1.29, 1.82) is 0 Å². The maximum atomic E-state index is 13.5. The molecule has 1 saturated heterocycles. The highest BCUT2D eigenvalue weighted by atomic mass is 32.2. The van der Waals surface area contributed by atoms with Gasteiger partial charge in [0.05, 0.1) is 10.6 Å². The predicted molar refractivity (Wildman–Crippen MR) is 166 cm³/mol. The van der Waals surface area contributed by atoms with E-state index >= 15 is 0 Å². The molecule has 2 heterocycles. The van der Waals surface area contributed by atoms with Gasteiger partial charge in [-0.25, -0.2) is 18.1 Å². The van der Waals surface area contributed by atoms with Crippen molar-refractivity contribution >= 4 is 27.3 Å². The number of hydrogen-bond donors (Lipinski definition) is 2. The Morgan fingerprint density at radius 3 is 2.33 bits per heavy atom. The summed E-state index contributed by atoms with van der Waals surface area (Å²) in [5.41, 5.74) is 8.43. The molecule has 1 aliphatic rings. The minimum Gasteiger partial charge on any atom is -0.435 e. The van der Waals surface area contributed by atoms with Crippen LogP contribution in [0.5, 0.6) is 17.4 Å². The van der Waals surface area contributed by atoms with Gasteiger partial charge in [0.2, 0.25) is 11.8 Å². The first-order chi connectivity index (χ1) is 21.3. The minimum atomic E-state index is -5.00. The van der Waals surface area contributed by atoms with Crippen molar-refractivity contribution in [1.82, 2.24) is 14.9 Å². The Bertz CT molecular complexity index is 1780. The van der Waals surface area contributed by atoms with Crippen molar-refractivity contribution in [2.24, 2.45) is 0 Å². The molecule has 14 heteroatoms. The molecule has 0 radical (unpaired) electrons. The molecular weight excluding hydrogens is 609 g/mol. The number of nitrogens with two attached hydrogens (primary N) is 1. The molecule has 0 amide bonds. The summed E-state index contributed by atoms with van der Waals surface area (Å²) in [6, 6.07) is 18.8. The number of benzene rings is 3. The molecule has 0 spiro atoms. The number of ether oxygens (including phenoxy) is 2. The van der Waals surface area contributed by atoms with Gasteiger partial charge in [0.25, 0.3) is 10.0 Å². The van der Waals surface area contributed by atoms with Gasteiger partial charge in [-0.05, 0) is 48.9 Å². The first-order valence-electron chi connectivity index (χ1n) is 14.2. The van der Waals surface area contributed by atoms with E-state index in [4.69, 9.17) is 10.5 Å². The van der Waals surface area contributed by atoms with Crippen molar-refractivity contribution in [3.05, 3.63) is 78.4 Å². The molecule has 3 N–H and O–H groups in total. The number of rotatable bonds is 9. The molecule has 1 fully saturated rings. The van der Waals surface area contributed by atoms with E-state index in [-0.39, 0.29) is 34.1 Å². The van der Waals surface area contributed by atoms with E-state index in [9.17, 15) is 21.6 Å². The van der Waals surface area contributed by atoms with E-state index < -0.39 is 22.1 Å². The summed E-state index contributed by atoms with van der Waals surface area (Å²) in [6.07, 6.45) is -5.00. The number of hydrogen-bond acceptors (Lipinski definition) is 9. The molecule has 0 unspecified atom stereocenters. The van der Waals surface area contributed by atoms with Crippen molar-refractivity contribution in [2.45, 2.75) is 31.0 Å². The van der Waals surface area contributed by atoms with Crippen LogP contribution in [0.3, 0.4) is 0 Å². The second kappa shape index (κ2) is 12.8. The van der Waals surface area contributed by atoms with E-state index in [0.717, 1.165) is 18.7 Å². The van der Waals surface area contributed by atoms with Gasteiger partial charge in [0, 0.05) is 55.2 Å². The Morgan fingerprint density at radius 1 is 0.911 bits per heavy atom. The van der Waals surface area contributed by atoms with Gasteiger partial charge in [-0.2, -0.15) is 4.98 Å². The third-order valence-electron chi connectivity index (χ3n) is 7.19. The van der Waals surface area contributed by atoms with Crippen LogP contribution < -0.4 is 24.8 Å². The number of nitrogen functional groups attached to an aromatic ring is 1. The Hall–Kier alpha value is -4.56. The van der Waals surface area contributed by atoms with Crippen LogP contribution in [0.2, 0.25) is 0 Å². The highest BCUT2D eigenvalue weighted by molar-refractivity contribution is 7.92. The van der Waals surface area contributed by atoms with Gasteiger partial charge in [0.1, 0.15) is 0 Å². The van der Waals surface area contributed by atoms with Crippen LogP contribution in [0.1, 0.15) is 25.3 Å².